The predicted octanol–water partition coefficient (Wildman–Crippen LogP) is 1.43. The van der Waals surface area contributed by atoms with Crippen molar-refractivity contribution in [2.45, 2.75) is 13.0 Å². The van der Waals surface area contributed by atoms with E-state index in [4.69, 9.17) is 4.74 Å². The molecule has 1 aromatic carbocycles. The van der Waals surface area contributed by atoms with Crippen LogP contribution in [0.15, 0.2) is 28.7 Å². The third-order valence-corrected chi connectivity index (χ3v) is 3.86. The summed E-state index contributed by atoms with van der Waals surface area (Å²) in [5, 5.41) is 3.12. The van der Waals surface area contributed by atoms with Crippen molar-refractivity contribution < 1.29 is 14.3 Å². The molecule has 1 aromatic rings. The first-order valence-electron chi connectivity index (χ1n) is 6.58. The number of hydrogen-bond acceptors (Lipinski definition) is 4. The minimum atomic E-state index is -0.566. The summed E-state index contributed by atoms with van der Waals surface area (Å²) in [6, 6.07) is 6.65. The number of piperazine rings is 1. The highest BCUT2D eigenvalue weighted by Gasteiger charge is 2.34. The number of ether oxygens (including phenoxy) is 1. The van der Waals surface area contributed by atoms with E-state index in [0.717, 1.165) is 4.47 Å². The third kappa shape index (κ3) is 3.19. The molecule has 108 valence electrons. The lowest BCUT2D eigenvalue weighted by atomic mass is 10.1. The van der Waals surface area contributed by atoms with Crippen LogP contribution >= 0.6 is 15.9 Å². The van der Waals surface area contributed by atoms with Crippen molar-refractivity contribution in [2.75, 3.05) is 26.2 Å². The number of carbonyl (C=O) groups is 2. The number of esters is 1. The first-order valence-corrected chi connectivity index (χ1v) is 7.37. The Balaban J connectivity index is 2.22. The van der Waals surface area contributed by atoms with E-state index in [-0.39, 0.29) is 11.9 Å². The number of amides is 1. The van der Waals surface area contributed by atoms with Crippen molar-refractivity contribution in [3.8, 4) is 0 Å². The fourth-order valence-corrected chi connectivity index (χ4v) is 2.64. The minimum absolute atomic E-state index is 0.156. The molecule has 1 saturated heterocycles. The van der Waals surface area contributed by atoms with E-state index in [2.05, 4.69) is 21.2 Å². The molecule has 1 atom stereocenters. The topological polar surface area (TPSA) is 58.6 Å². The van der Waals surface area contributed by atoms with Crippen LogP contribution in [0.4, 0.5) is 0 Å². The zero-order valence-corrected chi connectivity index (χ0v) is 12.9. The first kappa shape index (κ1) is 15.0. The van der Waals surface area contributed by atoms with Gasteiger partial charge < -0.3 is 15.0 Å². The van der Waals surface area contributed by atoms with E-state index in [1.54, 1.807) is 24.0 Å². The van der Waals surface area contributed by atoms with Gasteiger partial charge in [0.05, 0.1) is 12.2 Å². The van der Waals surface area contributed by atoms with Gasteiger partial charge in [0.1, 0.15) is 6.04 Å². The Kier molecular flexibility index (Phi) is 5.14. The average molecular weight is 341 g/mol. The molecule has 0 bridgehead atoms. The second-order valence-electron chi connectivity index (χ2n) is 4.45. The third-order valence-electron chi connectivity index (χ3n) is 3.17. The molecular formula is C14H17BrN2O3. The highest BCUT2D eigenvalue weighted by molar-refractivity contribution is 9.10. The summed E-state index contributed by atoms with van der Waals surface area (Å²) in [5.41, 5.74) is 0.559. The number of nitrogens with zero attached hydrogens (tertiary/aromatic N) is 1. The molecular weight excluding hydrogens is 324 g/mol. The van der Waals surface area contributed by atoms with Crippen LogP contribution in [0.25, 0.3) is 0 Å². The first-order chi connectivity index (χ1) is 9.65. The van der Waals surface area contributed by atoms with Gasteiger partial charge in [0, 0.05) is 24.1 Å². The zero-order valence-electron chi connectivity index (χ0n) is 11.3. The summed E-state index contributed by atoms with van der Waals surface area (Å²) < 4.78 is 5.77. The van der Waals surface area contributed by atoms with Gasteiger partial charge in [0.15, 0.2) is 0 Å². The summed E-state index contributed by atoms with van der Waals surface area (Å²) in [5.74, 6) is -0.517. The summed E-state index contributed by atoms with van der Waals surface area (Å²) in [7, 11) is 0. The molecule has 0 spiro atoms. The molecule has 1 amide bonds. The van der Waals surface area contributed by atoms with Crippen molar-refractivity contribution in [1.82, 2.24) is 10.2 Å². The van der Waals surface area contributed by atoms with Gasteiger partial charge in [-0.2, -0.15) is 0 Å². The Morgan fingerprint density at radius 3 is 2.90 bits per heavy atom. The fraction of sp³-hybridized carbons (Fsp3) is 0.429. The minimum Gasteiger partial charge on any atom is -0.464 e. The lowest BCUT2D eigenvalue weighted by Gasteiger charge is -2.34. The molecule has 0 saturated carbocycles. The van der Waals surface area contributed by atoms with Crippen LogP contribution < -0.4 is 5.32 Å². The highest BCUT2D eigenvalue weighted by Crippen LogP contribution is 2.20. The fourth-order valence-electron chi connectivity index (χ4n) is 2.19. The summed E-state index contributed by atoms with van der Waals surface area (Å²) in [4.78, 5) is 26.1. The average Bonchev–Trinajstić information content (AvgIpc) is 2.47. The van der Waals surface area contributed by atoms with Crippen molar-refractivity contribution in [1.29, 1.82) is 0 Å². The SMILES string of the molecule is CCOC(=O)C1CNCCN1C(=O)c1ccccc1Br. The standard InChI is InChI=1S/C14H17BrN2O3/c1-2-20-14(19)12-9-16-7-8-17(12)13(18)10-5-3-4-6-11(10)15/h3-6,12,16H,2,7-9H2,1H3. The Bertz CT molecular complexity index is 507. The molecule has 1 unspecified atom stereocenters. The number of benzene rings is 1. The van der Waals surface area contributed by atoms with Crippen molar-refractivity contribution >= 4 is 27.8 Å². The molecule has 2 rings (SSSR count). The molecule has 1 N–H and O–H groups in total. The van der Waals surface area contributed by atoms with Crippen LogP contribution in [0.5, 0.6) is 0 Å². The Hall–Kier alpha value is -1.40. The lowest BCUT2D eigenvalue weighted by molar-refractivity contribution is -0.149. The molecule has 1 aliphatic heterocycles. The maximum Gasteiger partial charge on any atom is 0.330 e. The maximum atomic E-state index is 12.6. The number of carbonyl (C=O) groups excluding carboxylic acids is 2. The van der Waals surface area contributed by atoms with Gasteiger partial charge in [-0.25, -0.2) is 4.79 Å². The molecule has 0 radical (unpaired) electrons. The van der Waals surface area contributed by atoms with Gasteiger partial charge >= 0.3 is 5.97 Å². The van der Waals surface area contributed by atoms with E-state index in [1.807, 2.05) is 12.1 Å². The number of hydrogen-bond donors (Lipinski definition) is 1. The maximum absolute atomic E-state index is 12.6. The normalized spacial score (nSPS) is 18.7. The van der Waals surface area contributed by atoms with E-state index in [9.17, 15) is 9.59 Å². The number of rotatable bonds is 3. The molecule has 20 heavy (non-hydrogen) atoms. The number of halogens is 1. The Morgan fingerprint density at radius 2 is 2.20 bits per heavy atom. The van der Waals surface area contributed by atoms with E-state index >= 15 is 0 Å². The monoisotopic (exact) mass is 340 g/mol. The van der Waals surface area contributed by atoms with Gasteiger partial charge in [-0.3, -0.25) is 4.79 Å². The summed E-state index contributed by atoms with van der Waals surface area (Å²) >= 11 is 3.37. The molecule has 1 heterocycles. The Morgan fingerprint density at radius 1 is 1.45 bits per heavy atom. The van der Waals surface area contributed by atoms with Crippen LogP contribution in [0, 0.1) is 0 Å². The van der Waals surface area contributed by atoms with Crippen LogP contribution in [-0.2, 0) is 9.53 Å². The van der Waals surface area contributed by atoms with Crippen molar-refractivity contribution in [3.63, 3.8) is 0 Å². The van der Waals surface area contributed by atoms with Crippen molar-refractivity contribution in [3.05, 3.63) is 34.3 Å². The van der Waals surface area contributed by atoms with Crippen LogP contribution in [0.1, 0.15) is 17.3 Å². The van der Waals surface area contributed by atoms with Gasteiger partial charge in [0.25, 0.3) is 5.91 Å². The molecule has 0 aliphatic carbocycles. The predicted molar refractivity (Wildman–Crippen MR) is 78.5 cm³/mol. The molecule has 5 nitrogen and oxygen atoms in total. The van der Waals surface area contributed by atoms with Crippen molar-refractivity contribution in [2.24, 2.45) is 0 Å². The smallest absolute Gasteiger partial charge is 0.330 e. The second-order valence-corrected chi connectivity index (χ2v) is 5.30. The molecule has 1 fully saturated rings. The molecule has 1 aliphatic rings. The second kappa shape index (κ2) is 6.85. The lowest BCUT2D eigenvalue weighted by Crippen LogP contribution is -2.57. The van der Waals surface area contributed by atoms with Crippen LogP contribution in [-0.4, -0.2) is 49.1 Å². The van der Waals surface area contributed by atoms with Gasteiger partial charge in [0.2, 0.25) is 0 Å². The number of nitrogens with one attached hydrogen (secondary N) is 1. The Labute approximate surface area is 126 Å². The van der Waals surface area contributed by atoms with Gasteiger partial charge in [-0.1, -0.05) is 12.1 Å². The van der Waals surface area contributed by atoms with Crippen LogP contribution in [0.2, 0.25) is 0 Å². The van der Waals surface area contributed by atoms with E-state index in [0.29, 0.717) is 31.8 Å². The quantitative estimate of drug-likeness (QED) is 0.845. The zero-order chi connectivity index (χ0) is 14.5. The van der Waals surface area contributed by atoms with Crippen LogP contribution in [0.3, 0.4) is 0 Å². The highest BCUT2D eigenvalue weighted by atomic mass is 79.9. The van der Waals surface area contributed by atoms with E-state index in [1.165, 1.54) is 0 Å². The largest absolute Gasteiger partial charge is 0.464 e. The van der Waals surface area contributed by atoms with E-state index < -0.39 is 6.04 Å². The summed E-state index contributed by atoms with van der Waals surface area (Å²) in [6.07, 6.45) is 0. The molecule has 0 aromatic heterocycles. The summed E-state index contributed by atoms with van der Waals surface area (Å²) in [6.45, 7) is 3.66. The van der Waals surface area contributed by atoms with Gasteiger partial charge in [-0.05, 0) is 35.0 Å². The molecule has 6 heteroatoms. The van der Waals surface area contributed by atoms with Gasteiger partial charge in [-0.15, -0.1) is 0 Å².